The molecule has 0 radical (unpaired) electrons. The molecule has 31 heavy (non-hydrogen) atoms. The molecule has 2 aromatic heterocycles. The van der Waals surface area contributed by atoms with Crippen LogP contribution in [0.25, 0.3) is 21.3 Å². The van der Waals surface area contributed by atoms with Crippen LogP contribution in [0.2, 0.25) is 0 Å². The molecule has 1 fully saturated rings. The van der Waals surface area contributed by atoms with Crippen molar-refractivity contribution in [3.05, 3.63) is 71.4 Å². The smallest absolute Gasteiger partial charge is 0.254 e. The molecule has 156 valence electrons. The molecule has 0 atom stereocenters. The van der Waals surface area contributed by atoms with Crippen LogP contribution in [0.1, 0.15) is 16.2 Å². The van der Waals surface area contributed by atoms with Crippen molar-refractivity contribution >= 4 is 33.3 Å². The summed E-state index contributed by atoms with van der Waals surface area (Å²) >= 11 is 1.64. The highest BCUT2D eigenvalue weighted by atomic mass is 32.1. The second kappa shape index (κ2) is 8.00. The van der Waals surface area contributed by atoms with Crippen molar-refractivity contribution < 1.29 is 9.90 Å². The van der Waals surface area contributed by atoms with E-state index in [1.807, 2.05) is 30.0 Å². The lowest BCUT2D eigenvalue weighted by atomic mass is 10.1. The number of rotatable bonds is 3. The number of amides is 1. The van der Waals surface area contributed by atoms with E-state index >= 15 is 0 Å². The molecule has 1 N–H and O–H groups in total. The zero-order valence-electron chi connectivity index (χ0n) is 17.2. The predicted molar refractivity (Wildman–Crippen MR) is 124 cm³/mol. The van der Waals surface area contributed by atoms with Gasteiger partial charge in [-0.1, -0.05) is 36.4 Å². The predicted octanol–water partition coefficient (Wildman–Crippen LogP) is 4.33. The van der Waals surface area contributed by atoms with Gasteiger partial charge in [0.05, 0.1) is 5.39 Å². The van der Waals surface area contributed by atoms with Crippen LogP contribution < -0.4 is 4.90 Å². The average Bonchev–Trinajstić information content (AvgIpc) is 3.22. The molecular weight excluding hydrogens is 408 g/mol. The number of aromatic nitrogens is 2. The molecule has 0 aliphatic carbocycles. The number of phenolic OH excluding ortho intramolecular Hbond substituents is 1. The first-order valence-electron chi connectivity index (χ1n) is 10.2. The summed E-state index contributed by atoms with van der Waals surface area (Å²) in [6.07, 6.45) is 0. The normalized spacial score (nSPS) is 14.2. The maximum absolute atomic E-state index is 12.8. The number of benzene rings is 2. The van der Waals surface area contributed by atoms with Gasteiger partial charge in [-0.15, -0.1) is 11.3 Å². The summed E-state index contributed by atoms with van der Waals surface area (Å²) in [6.45, 7) is 4.51. The number of hydrogen-bond acceptors (Lipinski definition) is 6. The van der Waals surface area contributed by atoms with Gasteiger partial charge in [0, 0.05) is 42.7 Å². The number of thiophene rings is 1. The van der Waals surface area contributed by atoms with E-state index in [0.29, 0.717) is 31.7 Å². The Kier molecular flexibility index (Phi) is 5.03. The van der Waals surface area contributed by atoms with Crippen LogP contribution in [0, 0.1) is 6.92 Å². The molecule has 1 aliphatic rings. The summed E-state index contributed by atoms with van der Waals surface area (Å²) in [5.41, 5.74) is 2.81. The molecule has 5 rings (SSSR count). The van der Waals surface area contributed by atoms with E-state index in [-0.39, 0.29) is 11.7 Å². The molecule has 1 saturated heterocycles. The molecule has 1 aliphatic heterocycles. The van der Waals surface area contributed by atoms with Crippen LogP contribution in [-0.4, -0.2) is 52.1 Å². The van der Waals surface area contributed by atoms with Crippen LogP contribution in [0.3, 0.4) is 0 Å². The molecule has 0 spiro atoms. The Balaban J connectivity index is 1.43. The number of carbonyl (C=O) groups is 1. The summed E-state index contributed by atoms with van der Waals surface area (Å²) in [4.78, 5) is 27.4. The Morgan fingerprint density at radius 1 is 1.00 bits per heavy atom. The molecule has 4 aromatic rings. The van der Waals surface area contributed by atoms with Crippen molar-refractivity contribution in [3.63, 3.8) is 0 Å². The molecule has 0 unspecified atom stereocenters. The maximum atomic E-state index is 12.8. The fourth-order valence-corrected chi connectivity index (χ4v) is 5.02. The number of anilines is 1. The standard InChI is InChI=1S/C24H22N4O2S/c1-16-25-22(21-20(15-31-23(21)26-16)17-6-3-2-4-7-17)27-10-12-28(13-11-27)24(30)18-8-5-9-19(29)14-18/h2-9,14-15,29H,10-13H2,1H3. The van der Waals surface area contributed by atoms with Crippen LogP contribution in [0.15, 0.2) is 60.0 Å². The van der Waals surface area contributed by atoms with E-state index in [4.69, 9.17) is 4.98 Å². The molecule has 1 amide bonds. The summed E-state index contributed by atoms with van der Waals surface area (Å²) < 4.78 is 0. The third kappa shape index (κ3) is 3.72. The molecule has 3 heterocycles. The Hall–Kier alpha value is -3.45. The van der Waals surface area contributed by atoms with E-state index in [1.165, 1.54) is 6.07 Å². The minimum atomic E-state index is -0.0555. The zero-order valence-corrected chi connectivity index (χ0v) is 18.0. The molecule has 6 nitrogen and oxygen atoms in total. The van der Waals surface area contributed by atoms with Crippen molar-refractivity contribution in [3.8, 4) is 16.9 Å². The van der Waals surface area contributed by atoms with Crippen molar-refractivity contribution in [2.24, 2.45) is 0 Å². The van der Waals surface area contributed by atoms with Crippen LogP contribution in [0.5, 0.6) is 5.75 Å². The van der Waals surface area contributed by atoms with E-state index < -0.39 is 0 Å². The Bertz CT molecular complexity index is 1250. The van der Waals surface area contributed by atoms with Crippen molar-refractivity contribution in [1.82, 2.24) is 14.9 Å². The van der Waals surface area contributed by atoms with Gasteiger partial charge in [-0.05, 0) is 30.7 Å². The van der Waals surface area contributed by atoms with Gasteiger partial charge in [-0.25, -0.2) is 9.97 Å². The lowest BCUT2D eigenvalue weighted by Crippen LogP contribution is -2.49. The fraction of sp³-hybridized carbons (Fsp3) is 0.208. The van der Waals surface area contributed by atoms with Gasteiger partial charge in [0.25, 0.3) is 5.91 Å². The lowest BCUT2D eigenvalue weighted by molar-refractivity contribution is 0.0746. The molecule has 0 saturated carbocycles. The first-order chi connectivity index (χ1) is 15.1. The topological polar surface area (TPSA) is 69.6 Å². The quantitative estimate of drug-likeness (QED) is 0.524. The van der Waals surface area contributed by atoms with Gasteiger partial charge in [0.2, 0.25) is 0 Å². The highest BCUT2D eigenvalue weighted by molar-refractivity contribution is 7.17. The van der Waals surface area contributed by atoms with Crippen LogP contribution in [-0.2, 0) is 0 Å². The Labute approximate surface area is 184 Å². The van der Waals surface area contributed by atoms with Gasteiger partial charge in [-0.3, -0.25) is 4.79 Å². The molecular formula is C24H22N4O2S. The number of aromatic hydroxyl groups is 1. The highest BCUT2D eigenvalue weighted by Crippen LogP contribution is 2.38. The number of hydrogen-bond donors (Lipinski definition) is 1. The monoisotopic (exact) mass is 430 g/mol. The maximum Gasteiger partial charge on any atom is 0.254 e. The summed E-state index contributed by atoms with van der Waals surface area (Å²) in [6, 6.07) is 16.8. The minimum absolute atomic E-state index is 0.0555. The Morgan fingerprint density at radius 2 is 1.77 bits per heavy atom. The number of nitrogens with zero attached hydrogens (tertiary/aromatic N) is 4. The van der Waals surface area contributed by atoms with E-state index in [1.54, 1.807) is 29.5 Å². The number of piperazine rings is 1. The molecule has 0 bridgehead atoms. The first-order valence-corrected chi connectivity index (χ1v) is 11.1. The first kappa shape index (κ1) is 19.5. The summed E-state index contributed by atoms with van der Waals surface area (Å²) in [5, 5.41) is 12.9. The van der Waals surface area contributed by atoms with Gasteiger partial charge in [0.1, 0.15) is 22.2 Å². The third-order valence-corrected chi connectivity index (χ3v) is 6.44. The second-order valence-electron chi connectivity index (χ2n) is 7.62. The van der Waals surface area contributed by atoms with Gasteiger partial charge in [0.15, 0.2) is 0 Å². The number of carbonyl (C=O) groups excluding carboxylic acids is 1. The summed E-state index contributed by atoms with van der Waals surface area (Å²) in [7, 11) is 0. The minimum Gasteiger partial charge on any atom is -0.508 e. The second-order valence-corrected chi connectivity index (χ2v) is 8.48. The fourth-order valence-electron chi connectivity index (χ4n) is 4.03. The molecule has 2 aromatic carbocycles. The van der Waals surface area contributed by atoms with Crippen LogP contribution >= 0.6 is 11.3 Å². The third-order valence-electron chi connectivity index (χ3n) is 5.57. The summed E-state index contributed by atoms with van der Waals surface area (Å²) in [5.74, 6) is 1.74. The van der Waals surface area contributed by atoms with Crippen molar-refractivity contribution in [1.29, 1.82) is 0 Å². The van der Waals surface area contributed by atoms with Crippen LogP contribution in [0.4, 0.5) is 5.82 Å². The number of fused-ring (bicyclic) bond motifs is 1. The van der Waals surface area contributed by atoms with E-state index in [0.717, 1.165) is 33.0 Å². The van der Waals surface area contributed by atoms with Gasteiger partial charge in [-0.2, -0.15) is 0 Å². The SMILES string of the molecule is Cc1nc(N2CCN(C(=O)c3cccc(O)c3)CC2)c2c(-c3ccccc3)csc2n1. The Morgan fingerprint density at radius 3 is 2.52 bits per heavy atom. The lowest BCUT2D eigenvalue weighted by Gasteiger charge is -2.36. The highest BCUT2D eigenvalue weighted by Gasteiger charge is 2.26. The van der Waals surface area contributed by atoms with Gasteiger partial charge < -0.3 is 14.9 Å². The number of aryl methyl sites for hydroxylation is 1. The van der Waals surface area contributed by atoms with Crippen molar-refractivity contribution in [2.75, 3.05) is 31.1 Å². The van der Waals surface area contributed by atoms with Gasteiger partial charge >= 0.3 is 0 Å². The zero-order chi connectivity index (χ0) is 21.4. The van der Waals surface area contributed by atoms with E-state index in [2.05, 4.69) is 27.4 Å². The molecule has 7 heteroatoms. The van der Waals surface area contributed by atoms with Crippen molar-refractivity contribution in [2.45, 2.75) is 6.92 Å². The van der Waals surface area contributed by atoms with E-state index in [9.17, 15) is 9.90 Å². The number of phenols is 1. The average molecular weight is 431 g/mol. The largest absolute Gasteiger partial charge is 0.508 e.